The maximum absolute atomic E-state index is 12.4. The van der Waals surface area contributed by atoms with Crippen molar-refractivity contribution in [3.8, 4) is 28.1 Å². The Morgan fingerprint density at radius 1 is 0.892 bits per heavy atom. The normalized spacial score (nSPS) is 10.5. The van der Waals surface area contributed by atoms with Crippen molar-refractivity contribution in [1.29, 1.82) is 0 Å². The van der Waals surface area contributed by atoms with Crippen LogP contribution in [0, 0.1) is 0 Å². The monoisotopic (exact) mass is 498 g/mol. The molecule has 0 saturated heterocycles. The molecule has 0 aliphatic heterocycles. The average molecular weight is 499 g/mol. The number of hydrogen-bond donors (Lipinski definition) is 1. The molecule has 0 spiro atoms. The maximum atomic E-state index is 12.4. The summed E-state index contributed by atoms with van der Waals surface area (Å²) in [6.45, 7) is 3.53. The number of benzene rings is 2. The molecule has 0 aliphatic carbocycles. The largest absolute Gasteiger partial charge is 0.497 e. The molecule has 188 valence electrons. The predicted molar refractivity (Wildman–Crippen MR) is 140 cm³/mol. The van der Waals surface area contributed by atoms with Crippen molar-refractivity contribution < 1.29 is 23.8 Å². The third-order valence-electron chi connectivity index (χ3n) is 5.42. The van der Waals surface area contributed by atoms with Crippen molar-refractivity contribution in [2.75, 3.05) is 25.6 Å². The lowest BCUT2D eigenvalue weighted by atomic mass is 9.99. The Bertz CT molecular complexity index is 1420. The molecule has 0 radical (unpaired) electrons. The smallest absolute Gasteiger partial charge is 0.347 e. The Morgan fingerprint density at radius 3 is 2.19 bits per heavy atom. The fraction of sp³-hybridized carbons (Fsp3) is 0.179. The van der Waals surface area contributed by atoms with E-state index in [0.29, 0.717) is 16.9 Å². The number of pyridine rings is 1. The first kappa shape index (κ1) is 25.3. The predicted octanol–water partition coefficient (Wildman–Crippen LogP) is 4.79. The van der Waals surface area contributed by atoms with Crippen molar-refractivity contribution in [3.63, 3.8) is 0 Å². The summed E-state index contributed by atoms with van der Waals surface area (Å²) in [5.74, 6) is -0.524. The second-order valence-electron chi connectivity index (χ2n) is 7.71. The lowest BCUT2D eigenvalue weighted by Gasteiger charge is -2.13. The van der Waals surface area contributed by atoms with Gasteiger partial charge in [0, 0.05) is 11.8 Å². The Kier molecular flexibility index (Phi) is 8.05. The molecular weight excluding hydrogens is 472 g/mol. The molecule has 2 aromatic heterocycles. The molecule has 37 heavy (non-hydrogen) atoms. The summed E-state index contributed by atoms with van der Waals surface area (Å²) in [4.78, 5) is 38.4. The molecule has 0 unspecified atom stereocenters. The molecule has 0 fully saturated rings. The van der Waals surface area contributed by atoms with Crippen LogP contribution in [0.4, 0.5) is 5.82 Å². The number of hydrogen-bond acceptors (Lipinski definition) is 9. The van der Waals surface area contributed by atoms with E-state index in [9.17, 15) is 9.59 Å². The number of nitrogens with zero attached hydrogens (tertiary/aromatic N) is 3. The van der Waals surface area contributed by atoms with Crippen molar-refractivity contribution >= 4 is 28.8 Å². The number of carbonyl (C=O) groups is 2. The van der Waals surface area contributed by atoms with Gasteiger partial charge < -0.3 is 19.5 Å². The van der Waals surface area contributed by atoms with E-state index in [2.05, 4.69) is 15.3 Å². The summed E-state index contributed by atoms with van der Waals surface area (Å²) in [7, 11) is 1.61. The summed E-state index contributed by atoms with van der Waals surface area (Å²) in [5.41, 5.74) is 3.50. The number of rotatable bonds is 9. The number of nitrogens with one attached hydrogen (secondary N) is 1. The Morgan fingerprint density at radius 2 is 1.57 bits per heavy atom. The minimum atomic E-state index is -0.799. The molecule has 9 heteroatoms. The van der Waals surface area contributed by atoms with Crippen LogP contribution < -0.4 is 10.1 Å². The number of fused-ring (bicyclic) bond motifs is 1. The number of aromatic nitrogens is 3. The van der Waals surface area contributed by atoms with E-state index >= 15 is 0 Å². The zero-order chi connectivity index (χ0) is 26.2. The van der Waals surface area contributed by atoms with Gasteiger partial charge >= 0.3 is 11.9 Å². The minimum absolute atomic E-state index is 0.111. The fourth-order valence-corrected chi connectivity index (χ4v) is 3.69. The van der Waals surface area contributed by atoms with Crippen LogP contribution in [0.1, 0.15) is 13.8 Å². The molecule has 1 N–H and O–H groups in total. The number of ether oxygens (including phenoxy) is 3. The van der Waals surface area contributed by atoms with Gasteiger partial charge in [-0.1, -0.05) is 42.5 Å². The first-order valence-electron chi connectivity index (χ1n) is 11.7. The summed E-state index contributed by atoms with van der Waals surface area (Å²) < 4.78 is 15.4. The molecular formula is C28H26N4O5. The van der Waals surface area contributed by atoms with Crippen LogP contribution in [0.2, 0.25) is 0 Å². The SMILES string of the molecule is CCOC(=O)C(=CNc1ncnc2nc(-c3ccccc3)cc(-c3ccc(OC)cc3)c12)C(=O)OCC. The number of esters is 2. The molecule has 0 amide bonds. The third-order valence-corrected chi connectivity index (χ3v) is 5.42. The molecule has 0 bridgehead atoms. The molecule has 9 nitrogen and oxygen atoms in total. The minimum Gasteiger partial charge on any atom is -0.497 e. The molecule has 0 atom stereocenters. The first-order valence-corrected chi connectivity index (χ1v) is 11.7. The molecule has 0 aliphatic rings. The van der Waals surface area contributed by atoms with Crippen LogP contribution in [0.5, 0.6) is 5.75 Å². The highest BCUT2D eigenvalue weighted by molar-refractivity contribution is 6.14. The maximum Gasteiger partial charge on any atom is 0.347 e. The van der Waals surface area contributed by atoms with Gasteiger partial charge in [0.05, 0.1) is 31.4 Å². The lowest BCUT2D eigenvalue weighted by molar-refractivity contribution is -0.146. The number of anilines is 1. The standard InChI is InChI=1S/C28H26N4O5/c1-4-36-27(33)22(28(34)37-5-2)16-29-25-24-21(18-11-13-20(35-3)14-12-18)15-23(19-9-7-6-8-10-19)32-26(24)31-17-30-25/h6-17H,4-5H2,1-3H3,(H,29,30,31,32). The van der Waals surface area contributed by atoms with E-state index in [1.165, 1.54) is 12.5 Å². The zero-order valence-electron chi connectivity index (χ0n) is 20.7. The molecule has 4 aromatic rings. The lowest BCUT2D eigenvalue weighted by Crippen LogP contribution is -2.19. The van der Waals surface area contributed by atoms with Gasteiger partial charge in [0.1, 0.15) is 17.9 Å². The second kappa shape index (κ2) is 11.8. The Balaban J connectivity index is 1.88. The third kappa shape index (κ3) is 5.72. The zero-order valence-corrected chi connectivity index (χ0v) is 20.7. The summed E-state index contributed by atoms with van der Waals surface area (Å²) in [6.07, 6.45) is 2.60. The quantitative estimate of drug-likeness (QED) is 0.151. The summed E-state index contributed by atoms with van der Waals surface area (Å²) >= 11 is 0. The van der Waals surface area contributed by atoms with E-state index in [-0.39, 0.29) is 18.8 Å². The first-order chi connectivity index (χ1) is 18.0. The van der Waals surface area contributed by atoms with Crippen LogP contribution >= 0.6 is 0 Å². The van der Waals surface area contributed by atoms with Gasteiger partial charge in [-0.05, 0) is 43.2 Å². The van der Waals surface area contributed by atoms with E-state index in [0.717, 1.165) is 28.1 Å². The van der Waals surface area contributed by atoms with Crippen LogP contribution in [-0.2, 0) is 19.1 Å². The molecule has 4 rings (SSSR count). The van der Waals surface area contributed by atoms with Crippen LogP contribution in [0.15, 0.2) is 78.8 Å². The van der Waals surface area contributed by atoms with E-state index in [1.807, 2.05) is 60.7 Å². The van der Waals surface area contributed by atoms with Gasteiger partial charge in [-0.25, -0.2) is 24.5 Å². The fourth-order valence-electron chi connectivity index (χ4n) is 3.69. The van der Waals surface area contributed by atoms with Gasteiger partial charge in [0.15, 0.2) is 11.2 Å². The van der Waals surface area contributed by atoms with Gasteiger partial charge in [0.2, 0.25) is 0 Å². The molecule has 2 aromatic carbocycles. The molecule has 2 heterocycles. The van der Waals surface area contributed by atoms with Gasteiger partial charge in [0.25, 0.3) is 0 Å². The summed E-state index contributed by atoms with van der Waals surface area (Å²) in [5, 5.41) is 3.59. The summed E-state index contributed by atoms with van der Waals surface area (Å²) in [6, 6.07) is 19.3. The van der Waals surface area contributed by atoms with E-state index in [4.69, 9.17) is 19.2 Å². The van der Waals surface area contributed by atoms with Crippen molar-refractivity contribution in [2.24, 2.45) is 0 Å². The van der Waals surface area contributed by atoms with Crippen LogP contribution in [-0.4, -0.2) is 47.2 Å². The number of methoxy groups -OCH3 is 1. The van der Waals surface area contributed by atoms with Crippen LogP contribution in [0.3, 0.4) is 0 Å². The highest BCUT2D eigenvalue weighted by atomic mass is 16.6. The number of carbonyl (C=O) groups excluding carboxylic acids is 2. The van der Waals surface area contributed by atoms with Gasteiger partial charge in [-0.2, -0.15) is 0 Å². The highest BCUT2D eigenvalue weighted by Gasteiger charge is 2.22. The van der Waals surface area contributed by atoms with Crippen molar-refractivity contribution in [2.45, 2.75) is 13.8 Å². The average Bonchev–Trinajstić information content (AvgIpc) is 2.93. The Hall–Kier alpha value is -4.79. The van der Waals surface area contributed by atoms with Crippen molar-refractivity contribution in [1.82, 2.24) is 15.0 Å². The highest BCUT2D eigenvalue weighted by Crippen LogP contribution is 2.35. The molecule has 0 saturated carbocycles. The van der Waals surface area contributed by atoms with E-state index in [1.54, 1.807) is 21.0 Å². The van der Waals surface area contributed by atoms with Gasteiger partial charge in [-0.15, -0.1) is 0 Å². The second-order valence-corrected chi connectivity index (χ2v) is 7.71. The van der Waals surface area contributed by atoms with Gasteiger partial charge in [-0.3, -0.25) is 0 Å². The van der Waals surface area contributed by atoms with Crippen LogP contribution in [0.25, 0.3) is 33.4 Å². The van der Waals surface area contributed by atoms with Crippen molar-refractivity contribution in [3.05, 3.63) is 78.8 Å². The Labute approximate surface area is 214 Å². The topological polar surface area (TPSA) is 113 Å². The van der Waals surface area contributed by atoms with E-state index < -0.39 is 11.9 Å².